The van der Waals surface area contributed by atoms with Crippen LogP contribution in [0.5, 0.6) is 5.88 Å². The predicted molar refractivity (Wildman–Crippen MR) is 171 cm³/mol. The summed E-state index contributed by atoms with van der Waals surface area (Å²) in [6.07, 6.45) is 6.56. The molecule has 0 amide bonds. The summed E-state index contributed by atoms with van der Waals surface area (Å²) in [6, 6.07) is 10.8. The first-order valence-electron chi connectivity index (χ1n) is 14.8. The number of benzene rings is 1. The number of fused-ring (bicyclic) bond motifs is 2. The highest BCUT2D eigenvalue weighted by Gasteiger charge is 2.39. The molecule has 0 saturated carbocycles. The number of carboxylic acids is 1. The van der Waals surface area contributed by atoms with Crippen LogP contribution in [0, 0.1) is 11.8 Å². The molecule has 10 nitrogen and oxygen atoms in total. The minimum absolute atomic E-state index is 0.00202. The van der Waals surface area contributed by atoms with Crippen molar-refractivity contribution in [3.8, 4) is 11.6 Å². The fourth-order valence-corrected chi connectivity index (χ4v) is 7.47. The van der Waals surface area contributed by atoms with Gasteiger partial charge in [0, 0.05) is 50.5 Å². The molecule has 0 bridgehead atoms. The first-order valence-corrected chi connectivity index (χ1v) is 15.5. The number of aromatic nitrogens is 3. The number of ether oxygens (including phenoxy) is 1. The SMILES string of the molecule is CN1CC2CN(c3ccc(-n4cc(C(=O)O)c(=O)c5cc(Cl)c(N6CCC[C@@H]6COc6ncccc6Cl)cc54)cn3)CC2C1. The maximum absolute atomic E-state index is 13.3. The molecule has 7 rings (SSSR count). The van der Waals surface area contributed by atoms with Gasteiger partial charge in [0.25, 0.3) is 0 Å². The summed E-state index contributed by atoms with van der Waals surface area (Å²) in [5.74, 6) is 1.26. The van der Waals surface area contributed by atoms with E-state index in [0.717, 1.165) is 57.1 Å². The number of pyridine rings is 3. The van der Waals surface area contributed by atoms with Gasteiger partial charge in [-0.05, 0) is 68.1 Å². The molecule has 3 fully saturated rings. The van der Waals surface area contributed by atoms with Crippen LogP contribution in [-0.2, 0) is 0 Å². The van der Waals surface area contributed by atoms with Crippen molar-refractivity contribution in [2.75, 3.05) is 56.2 Å². The van der Waals surface area contributed by atoms with Gasteiger partial charge in [-0.1, -0.05) is 23.2 Å². The second-order valence-electron chi connectivity index (χ2n) is 12.0. The third kappa shape index (κ3) is 5.25. The highest BCUT2D eigenvalue weighted by Crippen LogP contribution is 2.37. The highest BCUT2D eigenvalue weighted by atomic mass is 35.5. The maximum Gasteiger partial charge on any atom is 0.341 e. The summed E-state index contributed by atoms with van der Waals surface area (Å²) >= 11 is 13.1. The molecule has 3 saturated heterocycles. The van der Waals surface area contributed by atoms with Crippen molar-refractivity contribution in [2.24, 2.45) is 11.8 Å². The van der Waals surface area contributed by atoms with E-state index < -0.39 is 11.4 Å². The van der Waals surface area contributed by atoms with E-state index in [1.54, 1.807) is 35.2 Å². The average Bonchev–Trinajstić information content (AvgIpc) is 3.72. The van der Waals surface area contributed by atoms with Gasteiger partial charge in [0.1, 0.15) is 23.0 Å². The predicted octanol–water partition coefficient (Wildman–Crippen LogP) is 4.83. The molecule has 44 heavy (non-hydrogen) atoms. The molecular formula is C32H32Cl2N6O4. The minimum atomic E-state index is -1.30. The summed E-state index contributed by atoms with van der Waals surface area (Å²) in [5.41, 5.74) is 1.03. The second kappa shape index (κ2) is 11.6. The Balaban J connectivity index is 1.23. The summed E-state index contributed by atoms with van der Waals surface area (Å²) in [5, 5.41) is 10.9. The van der Waals surface area contributed by atoms with E-state index in [2.05, 4.69) is 26.7 Å². The number of rotatable bonds is 7. The van der Waals surface area contributed by atoms with Gasteiger partial charge in [0.15, 0.2) is 0 Å². The van der Waals surface area contributed by atoms with Gasteiger partial charge in [-0.3, -0.25) is 4.79 Å². The molecular weight excluding hydrogens is 603 g/mol. The lowest BCUT2D eigenvalue weighted by atomic mass is 10.0. The molecule has 3 atom stereocenters. The Morgan fingerprint density at radius 1 is 1.07 bits per heavy atom. The van der Waals surface area contributed by atoms with Crippen LogP contribution in [0.15, 0.2) is 59.8 Å². The normalized spacial score (nSPS) is 21.8. The van der Waals surface area contributed by atoms with E-state index in [1.807, 2.05) is 18.2 Å². The Bertz CT molecular complexity index is 1780. The van der Waals surface area contributed by atoms with E-state index in [1.165, 1.54) is 6.20 Å². The van der Waals surface area contributed by atoms with Crippen LogP contribution >= 0.6 is 23.2 Å². The fraction of sp³-hybridized carbons (Fsp3) is 0.375. The molecule has 2 unspecified atom stereocenters. The van der Waals surface area contributed by atoms with E-state index in [0.29, 0.717) is 45.6 Å². The maximum atomic E-state index is 13.3. The van der Waals surface area contributed by atoms with Crippen LogP contribution in [0.4, 0.5) is 11.5 Å². The molecule has 1 N–H and O–H groups in total. The Labute approximate surface area is 264 Å². The highest BCUT2D eigenvalue weighted by molar-refractivity contribution is 6.34. The molecule has 3 aromatic heterocycles. The van der Waals surface area contributed by atoms with Crippen LogP contribution in [-0.4, -0.2) is 82.9 Å². The van der Waals surface area contributed by atoms with Crippen molar-refractivity contribution in [3.63, 3.8) is 0 Å². The Hall–Kier alpha value is -3.86. The lowest BCUT2D eigenvalue weighted by Gasteiger charge is -2.28. The van der Waals surface area contributed by atoms with Crippen molar-refractivity contribution in [2.45, 2.75) is 18.9 Å². The zero-order valence-electron chi connectivity index (χ0n) is 24.2. The smallest absolute Gasteiger partial charge is 0.341 e. The molecule has 4 aromatic rings. The van der Waals surface area contributed by atoms with E-state index in [-0.39, 0.29) is 17.0 Å². The number of aromatic carboxylic acids is 1. The first kappa shape index (κ1) is 28.9. The average molecular weight is 636 g/mol. The number of nitrogens with zero attached hydrogens (tertiary/aromatic N) is 6. The largest absolute Gasteiger partial charge is 0.477 e. The van der Waals surface area contributed by atoms with Crippen LogP contribution in [0.2, 0.25) is 10.0 Å². The third-order valence-electron chi connectivity index (χ3n) is 9.13. The molecule has 228 valence electrons. The summed E-state index contributed by atoms with van der Waals surface area (Å²) < 4.78 is 7.70. The lowest BCUT2D eigenvalue weighted by Crippen LogP contribution is -2.34. The van der Waals surface area contributed by atoms with Crippen molar-refractivity contribution < 1.29 is 14.6 Å². The summed E-state index contributed by atoms with van der Waals surface area (Å²) in [6.45, 7) is 5.26. The number of halogens is 2. The number of hydrogen-bond donors (Lipinski definition) is 1. The minimum Gasteiger partial charge on any atom is -0.477 e. The Kier molecular flexibility index (Phi) is 7.60. The fourth-order valence-electron chi connectivity index (χ4n) is 7.02. The molecule has 12 heteroatoms. The standard InChI is InChI=1S/C32H32Cl2N6O4/c1-37-13-19-15-38(16-20(19)14-37)29-7-6-21(12-36-29)40-17-24(32(42)43)30(41)23-10-26(34)28(11-27(23)40)39-9-3-4-22(39)18-44-31-25(33)5-2-8-35-31/h2,5-8,10-12,17,19-20,22H,3-4,9,13-16,18H2,1H3,(H,42,43)/t19?,20?,22-/m1/s1. The number of anilines is 2. The van der Waals surface area contributed by atoms with Gasteiger partial charge >= 0.3 is 5.97 Å². The lowest BCUT2D eigenvalue weighted by molar-refractivity contribution is 0.0695. The summed E-state index contributed by atoms with van der Waals surface area (Å²) in [7, 11) is 2.17. The third-order valence-corrected chi connectivity index (χ3v) is 9.72. The van der Waals surface area contributed by atoms with Crippen molar-refractivity contribution >= 4 is 51.6 Å². The monoisotopic (exact) mass is 634 g/mol. The molecule has 0 aliphatic carbocycles. The van der Waals surface area contributed by atoms with E-state index >= 15 is 0 Å². The molecule has 6 heterocycles. The molecule has 0 radical (unpaired) electrons. The van der Waals surface area contributed by atoms with Gasteiger partial charge < -0.3 is 29.1 Å². The number of carboxylic acid groups (broad SMARTS) is 1. The van der Waals surface area contributed by atoms with E-state index in [9.17, 15) is 14.7 Å². The van der Waals surface area contributed by atoms with Gasteiger partial charge in [0.2, 0.25) is 11.3 Å². The zero-order chi connectivity index (χ0) is 30.5. The quantitative estimate of drug-likeness (QED) is 0.306. The van der Waals surface area contributed by atoms with Crippen LogP contribution in [0.3, 0.4) is 0 Å². The Morgan fingerprint density at radius 2 is 1.86 bits per heavy atom. The number of likely N-dealkylation sites (tertiary alicyclic amines) is 1. The molecule has 0 spiro atoms. The van der Waals surface area contributed by atoms with Gasteiger partial charge in [-0.25, -0.2) is 14.8 Å². The molecule has 3 aliphatic rings. The topological polar surface area (TPSA) is 104 Å². The van der Waals surface area contributed by atoms with Crippen molar-refractivity contribution in [1.82, 2.24) is 19.4 Å². The number of hydrogen-bond acceptors (Lipinski definition) is 8. The molecule has 1 aromatic carbocycles. The Morgan fingerprint density at radius 3 is 2.57 bits per heavy atom. The summed E-state index contributed by atoms with van der Waals surface area (Å²) in [4.78, 5) is 41.3. The van der Waals surface area contributed by atoms with Crippen molar-refractivity contribution in [3.05, 3.63) is 80.8 Å². The van der Waals surface area contributed by atoms with Crippen LogP contribution in [0.1, 0.15) is 23.2 Å². The molecule has 3 aliphatic heterocycles. The zero-order valence-corrected chi connectivity index (χ0v) is 25.7. The van der Waals surface area contributed by atoms with Gasteiger partial charge in [-0.2, -0.15) is 0 Å². The van der Waals surface area contributed by atoms with Crippen LogP contribution < -0.4 is 20.0 Å². The number of carbonyl (C=O) groups is 1. The van der Waals surface area contributed by atoms with Gasteiger partial charge in [-0.15, -0.1) is 0 Å². The first-order chi connectivity index (χ1) is 21.3. The van der Waals surface area contributed by atoms with E-state index in [4.69, 9.17) is 32.9 Å². The van der Waals surface area contributed by atoms with Crippen molar-refractivity contribution in [1.29, 1.82) is 0 Å². The van der Waals surface area contributed by atoms with Gasteiger partial charge in [0.05, 0.1) is 34.2 Å². The van der Waals surface area contributed by atoms with Crippen LogP contribution in [0.25, 0.3) is 16.6 Å². The second-order valence-corrected chi connectivity index (χ2v) is 12.8.